The van der Waals surface area contributed by atoms with Crippen molar-refractivity contribution in [2.24, 2.45) is 0 Å². The van der Waals surface area contributed by atoms with E-state index in [4.69, 9.17) is 18.9 Å². The Morgan fingerprint density at radius 3 is 2.29 bits per heavy atom. The van der Waals surface area contributed by atoms with E-state index in [0.717, 1.165) is 16.9 Å². The van der Waals surface area contributed by atoms with Gasteiger partial charge in [0.1, 0.15) is 10.4 Å². The van der Waals surface area contributed by atoms with Crippen LogP contribution in [-0.4, -0.2) is 44.3 Å². The summed E-state index contributed by atoms with van der Waals surface area (Å²) in [6.07, 6.45) is 3.01. The third-order valence-corrected chi connectivity index (χ3v) is 6.24. The number of rotatable bonds is 9. The van der Waals surface area contributed by atoms with Crippen LogP contribution in [0.25, 0.3) is 12.2 Å². The van der Waals surface area contributed by atoms with Crippen LogP contribution in [0.3, 0.4) is 0 Å². The van der Waals surface area contributed by atoms with Crippen molar-refractivity contribution >= 4 is 35.2 Å². The van der Waals surface area contributed by atoms with Gasteiger partial charge in [0, 0.05) is 11.1 Å². The van der Waals surface area contributed by atoms with Gasteiger partial charge in [-0.1, -0.05) is 6.07 Å². The second-order valence-electron chi connectivity index (χ2n) is 7.43. The Kier molecular flexibility index (Phi) is 8.48. The molecule has 3 rings (SSSR count). The number of Topliss-reactive ketones (excluding diaryl/α,β-unsaturated/α-hetero) is 1. The molecule has 184 valence electrons. The molecule has 0 amide bonds. The number of benzene rings is 2. The summed E-state index contributed by atoms with van der Waals surface area (Å²) in [6.45, 7) is 3.49. The predicted molar refractivity (Wildman–Crippen MR) is 134 cm³/mol. The summed E-state index contributed by atoms with van der Waals surface area (Å²) in [5.41, 5.74) is 1.57. The maximum Gasteiger partial charge on any atom is 0.333 e. The SMILES string of the molecule is CCOC(=O)C=c1sc(=Cc2ccc(OC)c(OC)c2)c(=O)n1Cc1cc(C(C)=O)ccc1OC. The van der Waals surface area contributed by atoms with Gasteiger partial charge in [-0.2, -0.15) is 0 Å². The summed E-state index contributed by atoms with van der Waals surface area (Å²) < 4.78 is 23.4. The average Bonchev–Trinajstić information content (AvgIpc) is 3.12. The Morgan fingerprint density at radius 2 is 1.66 bits per heavy atom. The van der Waals surface area contributed by atoms with Gasteiger partial charge in [0.25, 0.3) is 5.56 Å². The highest BCUT2D eigenvalue weighted by Crippen LogP contribution is 2.27. The molecule has 2 aromatic carbocycles. The van der Waals surface area contributed by atoms with Gasteiger partial charge in [0.2, 0.25) is 0 Å². The molecule has 0 fully saturated rings. The van der Waals surface area contributed by atoms with Gasteiger partial charge >= 0.3 is 5.97 Å². The minimum Gasteiger partial charge on any atom is -0.496 e. The summed E-state index contributed by atoms with van der Waals surface area (Å²) >= 11 is 1.16. The van der Waals surface area contributed by atoms with Crippen LogP contribution < -0.4 is 29.0 Å². The van der Waals surface area contributed by atoms with Crippen molar-refractivity contribution in [3.63, 3.8) is 0 Å². The monoisotopic (exact) mass is 497 g/mol. The second-order valence-corrected chi connectivity index (χ2v) is 8.50. The molecule has 0 bridgehead atoms. The first-order valence-electron chi connectivity index (χ1n) is 10.8. The smallest absolute Gasteiger partial charge is 0.333 e. The quantitative estimate of drug-likeness (QED) is 0.331. The van der Waals surface area contributed by atoms with Crippen molar-refractivity contribution in [1.82, 2.24) is 4.57 Å². The van der Waals surface area contributed by atoms with Crippen LogP contribution in [0.2, 0.25) is 0 Å². The zero-order valence-electron chi connectivity index (χ0n) is 20.2. The lowest BCUT2D eigenvalue weighted by Crippen LogP contribution is -2.32. The fraction of sp³-hybridized carbons (Fsp3) is 0.269. The van der Waals surface area contributed by atoms with Gasteiger partial charge in [-0.3, -0.25) is 14.2 Å². The van der Waals surface area contributed by atoms with Crippen LogP contribution >= 0.6 is 11.3 Å². The second kappa shape index (κ2) is 11.5. The van der Waals surface area contributed by atoms with Crippen LogP contribution in [0.4, 0.5) is 0 Å². The van der Waals surface area contributed by atoms with Crippen molar-refractivity contribution in [3.8, 4) is 17.2 Å². The topological polar surface area (TPSA) is 93.1 Å². The number of ether oxygens (including phenoxy) is 4. The largest absolute Gasteiger partial charge is 0.496 e. The van der Waals surface area contributed by atoms with Crippen molar-refractivity contribution < 1.29 is 28.5 Å². The molecule has 35 heavy (non-hydrogen) atoms. The Bertz CT molecular complexity index is 1420. The van der Waals surface area contributed by atoms with E-state index in [2.05, 4.69) is 0 Å². The third-order valence-electron chi connectivity index (χ3n) is 5.19. The van der Waals surface area contributed by atoms with E-state index in [-0.39, 0.29) is 24.5 Å². The standard InChI is InChI=1S/C26H27NO7S/c1-6-34-25(29)14-24-27(15-19-13-18(16(2)28)8-10-20(19)31-3)26(30)23(35-24)12-17-7-9-21(32-4)22(11-17)33-5/h7-14H,6,15H2,1-5H3. The van der Waals surface area contributed by atoms with Gasteiger partial charge in [-0.15, -0.1) is 11.3 Å². The summed E-state index contributed by atoms with van der Waals surface area (Å²) in [5.74, 6) is 0.974. The molecule has 1 heterocycles. The minimum absolute atomic E-state index is 0.102. The van der Waals surface area contributed by atoms with E-state index < -0.39 is 5.97 Å². The lowest BCUT2D eigenvalue weighted by molar-refractivity contribution is -0.135. The molecule has 8 nitrogen and oxygen atoms in total. The van der Waals surface area contributed by atoms with Crippen molar-refractivity contribution in [3.05, 3.63) is 72.6 Å². The van der Waals surface area contributed by atoms with Crippen molar-refractivity contribution in [1.29, 1.82) is 0 Å². The highest BCUT2D eigenvalue weighted by atomic mass is 32.1. The normalized spacial score (nSPS) is 11.9. The van der Waals surface area contributed by atoms with E-state index in [0.29, 0.717) is 37.6 Å². The summed E-state index contributed by atoms with van der Waals surface area (Å²) in [4.78, 5) is 37.6. The highest BCUT2D eigenvalue weighted by Gasteiger charge is 2.13. The highest BCUT2D eigenvalue weighted by molar-refractivity contribution is 7.07. The number of thiazole rings is 1. The zero-order valence-corrected chi connectivity index (χ0v) is 21.1. The van der Waals surface area contributed by atoms with Crippen LogP contribution in [0.1, 0.15) is 35.3 Å². The molecule has 0 radical (unpaired) electrons. The molecule has 0 aliphatic carbocycles. The number of carbonyl (C=O) groups is 2. The lowest BCUT2D eigenvalue weighted by Gasteiger charge is -2.10. The Morgan fingerprint density at radius 1 is 0.971 bits per heavy atom. The molecule has 0 saturated carbocycles. The maximum atomic E-state index is 13.4. The first-order chi connectivity index (χ1) is 16.8. The van der Waals surface area contributed by atoms with Gasteiger partial charge in [-0.25, -0.2) is 4.79 Å². The van der Waals surface area contributed by atoms with E-state index in [1.165, 1.54) is 31.8 Å². The van der Waals surface area contributed by atoms with Gasteiger partial charge in [-0.05, 0) is 55.8 Å². The van der Waals surface area contributed by atoms with Gasteiger partial charge < -0.3 is 18.9 Å². The zero-order chi connectivity index (χ0) is 25.5. The number of esters is 1. The summed E-state index contributed by atoms with van der Waals surface area (Å²) in [5, 5.41) is 0. The van der Waals surface area contributed by atoms with Crippen LogP contribution in [0.5, 0.6) is 17.2 Å². The average molecular weight is 498 g/mol. The molecule has 1 aromatic heterocycles. The molecule has 3 aromatic rings. The molecule has 0 N–H and O–H groups in total. The first kappa shape index (κ1) is 25.8. The van der Waals surface area contributed by atoms with E-state index in [1.807, 2.05) is 0 Å². The number of hydrogen-bond donors (Lipinski definition) is 0. The number of carbonyl (C=O) groups excluding carboxylic acids is 2. The maximum absolute atomic E-state index is 13.4. The summed E-state index contributed by atoms with van der Waals surface area (Å²) in [6, 6.07) is 10.4. The molecular formula is C26H27NO7S. The van der Waals surface area contributed by atoms with E-state index in [1.54, 1.807) is 56.5 Å². The molecule has 0 saturated heterocycles. The molecular weight excluding hydrogens is 470 g/mol. The van der Waals surface area contributed by atoms with Gasteiger partial charge in [0.05, 0.1) is 45.1 Å². The Balaban J connectivity index is 2.20. The molecule has 0 atom stereocenters. The van der Waals surface area contributed by atoms with E-state index >= 15 is 0 Å². The third kappa shape index (κ3) is 5.99. The van der Waals surface area contributed by atoms with Crippen molar-refractivity contribution in [2.45, 2.75) is 20.4 Å². The lowest BCUT2D eigenvalue weighted by atomic mass is 10.1. The number of ketones is 1. The Labute approximate surface area is 206 Å². The number of hydrogen-bond acceptors (Lipinski definition) is 8. The fourth-order valence-corrected chi connectivity index (χ4v) is 4.49. The Hall–Kier alpha value is -3.85. The van der Waals surface area contributed by atoms with E-state index in [9.17, 15) is 14.4 Å². The summed E-state index contributed by atoms with van der Waals surface area (Å²) in [7, 11) is 4.60. The molecule has 0 aliphatic heterocycles. The fourth-order valence-electron chi connectivity index (χ4n) is 3.46. The van der Waals surface area contributed by atoms with Crippen LogP contribution in [-0.2, 0) is 16.1 Å². The molecule has 0 aliphatic rings. The predicted octanol–water partition coefficient (Wildman–Crippen LogP) is 2.36. The van der Waals surface area contributed by atoms with Gasteiger partial charge in [0.15, 0.2) is 17.3 Å². The number of methoxy groups -OCH3 is 3. The van der Waals surface area contributed by atoms with Crippen molar-refractivity contribution in [2.75, 3.05) is 27.9 Å². The molecule has 9 heteroatoms. The minimum atomic E-state index is -0.551. The molecule has 0 unspecified atom stereocenters. The first-order valence-corrected chi connectivity index (χ1v) is 11.6. The van der Waals surface area contributed by atoms with Crippen LogP contribution in [0.15, 0.2) is 41.2 Å². The number of nitrogens with zero attached hydrogens (tertiary/aromatic N) is 1. The molecule has 0 spiro atoms. The van der Waals surface area contributed by atoms with Crippen LogP contribution in [0, 0.1) is 0 Å². The number of aromatic nitrogens is 1.